The van der Waals surface area contributed by atoms with Crippen molar-refractivity contribution in [2.45, 2.75) is 29.7 Å². The fourth-order valence-electron chi connectivity index (χ4n) is 3.47. The number of sulfone groups is 1. The molecule has 3 rings (SSSR count). The van der Waals surface area contributed by atoms with Crippen LogP contribution in [0.1, 0.15) is 24.1 Å². The van der Waals surface area contributed by atoms with Gasteiger partial charge in [0.05, 0.1) is 33.7 Å². The van der Waals surface area contributed by atoms with E-state index in [9.17, 15) is 21.6 Å². The van der Waals surface area contributed by atoms with Gasteiger partial charge in [-0.1, -0.05) is 41.4 Å². The van der Waals surface area contributed by atoms with E-state index in [0.717, 1.165) is 16.1 Å². The molecule has 0 aromatic heterocycles. The van der Waals surface area contributed by atoms with Gasteiger partial charge in [-0.3, -0.25) is 9.10 Å². The molecule has 0 saturated carbocycles. The number of amides is 1. The fraction of sp³-hybridized carbons (Fsp3) is 0.240. The minimum absolute atomic E-state index is 0.0252. The summed E-state index contributed by atoms with van der Waals surface area (Å²) in [5.74, 6) is -0.193. The van der Waals surface area contributed by atoms with E-state index in [2.05, 4.69) is 5.32 Å². The third kappa shape index (κ3) is 6.37. The first-order valence-corrected chi connectivity index (χ1v) is 14.6. The zero-order chi connectivity index (χ0) is 26.7. The Morgan fingerprint density at radius 1 is 0.972 bits per heavy atom. The zero-order valence-electron chi connectivity index (χ0n) is 20.2. The van der Waals surface area contributed by atoms with Gasteiger partial charge in [0.1, 0.15) is 12.3 Å². The lowest BCUT2D eigenvalue weighted by Crippen LogP contribution is -2.41. The monoisotopic (exact) mass is 550 g/mol. The summed E-state index contributed by atoms with van der Waals surface area (Å²) in [4.78, 5) is 13.2. The lowest BCUT2D eigenvalue weighted by molar-refractivity contribution is -0.120. The number of anilines is 1. The van der Waals surface area contributed by atoms with Crippen LogP contribution in [-0.2, 0) is 24.7 Å². The van der Waals surface area contributed by atoms with Gasteiger partial charge in [0, 0.05) is 6.26 Å². The number of nitrogens with one attached hydrogen (secondary N) is 1. The number of nitrogens with zero attached hydrogens (tertiary/aromatic N) is 1. The number of carbonyl (C=O) groups is 1. The first-order chi connectivity index (χ1) is 16.8. The Kier molecular flexibility index (Phi) is 8.33. The second-order valence-electron chi connectivity index (χ2n) is 8.27. The Hall–Kier alpha value is -3.08. The van der Waals surface area contributed by atoms with Gasteiger partial charge < -0.3 is 10.1 Å². The number of halogens is 1. The van der Waals surface area contributed by atoms with E-state index < -0.39 is 38.4 Å². The Balaban J connectivity index is 1.90. The summed E-state index contributed by atoms with van der Waals surface area (Å²) in [6.45, 7) is 3.05. The fourth-order valence-corrected chi connectivity index (χ4v) is 5.76. The molecule has 0 aliphatic heterocycles. The molecule has 1 amide bonds. The largest absolute Gasteiger partial charge is 0.495 e. The standard InChI is InChI=1S/C25H27ClN2O6S2/c1-17-5-10-22(11-6-17)36(32,33)28(20-9-14-24(34-3)23(26)15-20)16-25(29)27-18(2)19-7-12-21(13-8-19)35(4,30)31/h5-15,18H,16H2,1-4H3,(H,27,29)/t18-/m1/s1. The van der Waals surface area contributed by atoms with Crippen molar-refractivity contribution < 1.29 is 26.4 Å². The summed E-state index contributed by atoms with van der Waals surface area (Å²) < 4.78 is 56.6. The van der Waals surface area contributed by atoms with E-state index in [1.165, 1.54) is 49.6 Å². The van der Waals surface area contributed by atoms with Crippen LogP contribution in [0.2, 0.25) is 5.02 Å². The van der Waals surface area contributed by atoms with Gasteiger partial charge in [-0.2, -0.15) is 0 Å². The van der Waals surface area contributed by atoms with Crippen molar-refractivity contribution in [3.05, 3.63) is 82.9 Å². The molecule has 0 heterocycles. The van der Waals surface area contributed by atoms with E-state index in [1.54, 1.807) is 31.2 Å². The van der Waals surface area contributed by atoms with Gasteiger partial charge in [0.15, 0.2) is 9.84 Å². The molecular formula is C25H27ClN2O6S2. The van der Waals surface area contributed by atoms with Gasteiger partial charge in [-0.25, -0.2) is 16.8 Å². The maximum absolute atomic E-state index is 13.5. The van der Waals surface area contributed by atoms with Crippen LogP contribution >= 0.6 is 11.6 Å². The minimum atomic E-state index is -4.12. The van der Waals surface area contributed by atoms with E-state index in [-0.39, 0.29) is 20.5 Å². The van der Waals surface area contributed by atoms with Crippen LogP contribution in [0.4, 0.5) is 5.69 Å². The van der Waals surface area contributed by atoms with E-state index >= 15 is 0 Å². The van der Waals surface area contributed by atoms with Gasteiger partial charge in [-0.05, 0) is 61.9 Å². The van der Waals surface area contributed by atoms with Gasteiger partial charge in [-0.15, -0.1) is 0 Å². The van der Waals surface area contributed by atoms with Crippen molar-refractivity contribution >= 4 is 43.1 Å². The molecule has 0 fully saturated rings. The molecule has 0 saturated heterocycles. The molecule has 0 unspecified atom stereocenters. The highest BCUT2D eigenvalue weighted by atomic mass is 35.5. The zero-order valence-corrected chi connectivity index (χ0v) is 22.6. The van der Waals surface area contributed by atoms with E-state index in [1.807, 2.05) is 6.92 Å². The van der Waals surface area contributed by atoms with Crippen molar-refractivity contribution in [3.8, 4) is 5.75 Å². The van der Waals surface area contributed by atoms with Crippen LogP contribution in [0.15, 0.2) is 76.5 Å². The Morgan fingerprint density at radius 3 is 2.08 bits per heavy atom. The van der Waals surface area contributed by atoms with Crippen molar-refractivity contribution in [1.82, 2.24) is 5.32 Å². The normalized spacial score (nSPS) is 12.6. The Morgan fingerprint density at radius 2 is 1.56 bits per heavy atom. The van der Waals surface area contributed by atoms with Crippen LogP contribution in [0.5, 0.6) is 5.75 Å². The number of methoxy groups -OCH3 is 1. The number of sulfonamides is 1. The van der Waals surface area contributed by atoms with Crippen molar-refractivity contribution in [2.24, 2.45) is 0 Å². The van der Waals surface area contributed by atoms with Crippen LogP contribution < -0.4 is 14.4 Å². The van der Waals surface area contributed by atoms with Crippen LogP contribution in [0.3, 0.4) is 0 Å². The second kappa shape index (κ2) is 10.9. The molecule has 3 aromatic rings. The number of benzene rings is 3. The molecule has 0 aliphatic rings. The van der Waals surface area contributed by atoms with E-state index in [0.29, 0.717) is 11.3 Å². The molecule has 3 aromatic carbocycles. The number of carbonyl (C=O) groups excluding carboxylic acids is 1. The van der Waals surface area contributed by atoms with Gasteiger partial charge in [0.25, 0.3) is 10.0 Å². The minimum Gasteiger partial charge on any atom is -0.495 e. The number of hydrogen-bond acceptors (Lipinski definition) is 6. The highest BCUT2D eigenvalue weighted by molar-refractivity contribution is 7.93. The third-order valence-electron chi connectivity index (χ3n) is 5.51. The number of aryl methyl sites for hydroxylation is 1. The number of rotatable bonds is 9. The Bertz CT molecular complexity index is 1460. The number of hydrogen-bond donors (Lipinski definition) is 1. The van der Waals surface area contributed by atoms with Crippen molar-refractivity contribution in [2.75, 3.05) is 24.2 Å². The summed E-state index contributed by atoms with van der Waals surface area (Å²) in [6.07, 6.45) is 1.11. The molecule has 8 nitrogen and oxygen atoms in total. The molecule has 0 radical (unpaired) electrons. The maximum atomic E-state index is 13.5. The molecule has 1 N–H and O–H groups in total. The molecule has 1 atom stereocenters. The number of ether oxygens (including phenoxy) is 1. The molecule has 0 spiro atoms. The third-order valence-corrected chi connectivity index (χ3v) is 8.72. The maximum Gasteiger partial charge on any atom is 0.264 e. The van der Waals surface area contributed by atoms with Crippen molar-refractivity contribution in [3.63, 3.8) is 0 Å². The average Bonchev–Trinajstić information content (AvgIpc) is 2.82. The van der Waals surface area contributed by atoms with Gasteiger partial charge in [0.2, 0.25) is 5.91 Å². The molecule has 11 heteroatoms. The van der Waals surface area contributed by atoms with Crippen LogP contribution in [-0.4, -0.2) is 42.7 Å². The van der Waals surface area contributed by atoms with E-state index in [4.69, 9.17) is 16.3 Å². The highest BCUT2D eigenvalue weighted by Gasteiger charge is 2.28. The topological polar surface area (TPSA) is 110 Å². The summed E-state index contributed by atoms with van der Waals surface area (Å²) in [6, 6.07) is 16.4. The first-order valence-electron chi connectivity index (χ1n) is 10.9. The summed E-state index contributed by atoms with van der Waals surface area (Å²) in [5.41, 5.74) is 1.75. The predicted octanol–water partition coefficient (Wildman–Crippen LogP) is 4.13. The first kappa shape index (κ1) is 27.5. The lowest BCUT2D eigenvalue weighted by Gasteiger charge is -2.25. The SMILES string of the molecule is COc1ccc(N(CC(=O)N[C@H](C)c2ccc(S(C)(=O)=O)cc2)S(=O)(=O)c2ccc(C)cc2)cc1Cl. The molecule has 192 valence electrons. The van der Waals surface area contributed by atoms with Crippen LogP contribution in [0.25, 0.3) is 0 Å². The summed E-state index contributed by atoms with van der Waals surface area (Å²) in [7, 11) is -6.02. The predicted molar refractivity (Wildman–Crippen MR) is 140 cm³/mol. The average molecular weight is 551 g/mol. The lowest BCUT2D eigenvalue weighted by atomic mass is 10.1. The summed E-state index contributed by atoms with van der Waals surface area (Å²) >= 11 is 6.25. The molecular weight excluding hydrogens is 524 g/mol. The highest BCUT2D eigenvalue weighted by Crippen LogP contribution is 2.32. The Labute approximate surface area is 216 Å². The smallest absolute Gasteiger partial charge is 0.264 e. The quantitative estimate of drug-likeness (QED) is 0.429. The molecule has 0 bridgehead atoms. The van der Waals surface area contributed by atoms with Crippen molar-refractivity contribution in [1.29, 1.82) is 0 Å². The van der Waals surface area contributed by atoms with Crippen LogP contribution in [0, 0.1) is 6.92 Å². The molecule has 0 aliphatic carbocycles. The molecule has 36 heavy (non-hydrogen) atoms. The van der Waals surface area contributed by atoms with Gasteiger partial charge >= 0.3 is 0 Å². The second-order valence-corrected chi connectivity index (χ2v) is 12.6. The summed E-state index contributed by atoms with van der Waals surface area (Å²) in [5, 5.41) is 2.97.